The molecule has 0 radical (unpaired) electrons. The van der Waals surface area contributed by atoms with Crippen LogP contribution in [0.1, 0.15) is 211 Å². The second kappa shape index (κ2) is 43.4. The van der Waals surface area contributed by atoms with Crippen molar-refractivity contribution in [1.29, 1.82) is 0 Å². The van der Waals surface area contributed by atoms with Crippen LogP contribution in [0.2, 0.25) is 0 Å². The van der Waals surface area contributed by atoms with E-state index >= 15 is 0 Å². The molecule has 0 spiro atoms. The van der Waals surface area contributed by atoms with Crippen molar-refractivity contribution in [1.82, 2.24) is 29.9 Å². The van der Waals surface area contributed by atoms with Crippen molar-refractivity contribution in [2.75, 3.05) is 51.7 Å². The summed E-state index contributed by atoms with van der Waals surface area (Å²) >= 11 is 0. The van der Waals surface area contributed by atoms with Crippen LogP contribution < -0.4 is 46.1 Å². The van der Waals surface area contributed by atoms with Gasteiger partial charge in [-0.25, -0.2) is 0 Å². The van der Waals surface area contributed by atoms with Crippen molar-refractivity contribution in [2.24, 2.45) is 0 Å². The maximum absolute atomic E-state index is 6.15. The molecule has 2 aromatic heterocycles. The average Bonchev–Trinajstić information content (AvgIpc) is 1.29. The van der Waals surface area contributed by atoms with Crippen LogP contribution in [0.4, 0.5) is 69.8 Å². The maximum Gasteiger partial charge on any atom is 0.233 e. The van der Waals surface area contributed by atoms with Crippen LogP contribution in [0.25, 0.3) is 0 Å². The molecule has 0 saturated heterocycles. The first kappa shape index (κ1) is 72.0. The number of ether oxygens (including phenoxy) is 3. The van der Waals surface area contributed by atoms with Gasteiger partial charge in [0.15, 0.2) is 0 Å². The van der Waals surface area contributed by atoms with E-state index < -0.39 is 0 Å². The molecule has 0 unspecified atom stereocenters. The standard InChI is InChI=1S/C54H84N6O3.C24H24N6/c1-4-7-10-13-16-19-22-25-28-42-61-49-38-34-46(35-39-49)55-52-58-53(56-47-36-40-50(41-37-47)62-43-29-26-23-20-17-14-11-8-5-2)60-54(59-52)57-48-32-31-33-51(45-48)63-44-30-27-24-21-18-15-12-9-6-3;1-16-7-4-10-19(13-16)25-22-28-23(26-20-11-5-8-17(2)14-20)30-24(29-22)27-21-12-6-9-18(3)15-21/h31-41,45H,4-30,42-44H2,1-3H3,(H3,55,56,57,58,59,60);4-15H,1-3H3,(H3,25,26,27,28,29,30). The van der Waals surface area contributed by atoms with E-state index in [2.05, 4.69) is 67.6 Å². The molecule has 6 N–H and O–H groups in total. The van der Waals surface area contributed by atoms with E-state index in [0.717, 1.165) is 101 Å². The van der Waals surface area contributed by atoms with Crippen molar-refractivity contribution in [3.8, 4) is 17.2 Å². The summed E-state index contributed by atoms with van der Waals surface area (Å²) in [5, 5.41) is 20.0. The Morgan fingerprint density at radius 2 is 0.473 bits per heavy atom. The van der Waals surface area contributed by atoms with E-state index in [4.69, 9.17) is 29.2 Å². The Bertz CT molecular complexity index is 3060. The van der Waals surface area contributed by atoms with E-state index in [1.54, 1.807) is 0 Å². The van der Waals surface area contributed by atoms with E-state index in [1.807, 2.05) is 166 Å². The second-order valence-electron chi connectivity index (χ2n) is 24.6. The average molecular weight is 1260 g/mol. The van der Waals surface area contributed by atoms with Crippen LogP contribution >= 0.6 is 0 Å². The summed E-state index contributed by atoms with van der Waals surface area (Å²) in [6.45, 7) is 15.1. The zero-order valence-electron chi connectivity index (χ0n) is 57.0. The lowest BCUT2D eigenvalue weighted by molar-refractivity contribution is 0.304. The molecule has 0 aliphatic heterocycles. The summed E-state index contributed by atoms with van der Waals surface area (Å²) in [5.74, 6) is 5.16. The number of benzene rings is 6. The normalized spacial score (nSPS) is 10.9. The summed E-state index contributed by atoms with van der Waals surface area (Å²) in [6, 6.07) is 48.2. The van der Waals surface area contributed by atoms with Gasteiger partial charge < -0.3 is 46.1 Å². The van der Waals surface area contributed by atoms with Gasteiger partial charge in [0, 0.05) is 40.2 Å². The third-order valence-corrected chi connectivity index (χ3v) is 16.0. The lowest BCUT2D eigenvalue weighted by Crippen LogP contribution is -2.07. The lowest BCUT2D eigenvalue weighted by Gasteiger charge is -2.13. The Labute approximate surface area is 557 Å². The number of unbranched alkanes of at least 4 members (excludes halogenated alkanes) is 24. The fourth-order valence-corrected chi connectivity index (χ4v) is 10.8. The Kier molecular flexibility index (Phi) is 33.6. The van der Waals surface area contributed by atoms with Crippen LogP contribution in [0.3, 0.4) is 0 Å². The summed E-state index contributed by atoms with van der Waals surface area (Å²) in [4.78, 5) is 28.0. The van der Waals surface area contributed by atoms with Crippen molar-refractivity contribution in [2.45, 2.75) is 215 Å². The smallest absolute Gasteiger partial charge is 0.233 e. The SMILES string of the molecule is CCCCCCCCCCCOc1ccc(Nc2nc(Nc3ccc(OCCCCCCCCCCC)cc3)nc(Nc3cccc(OCCCCCCCCCCC)c3)n2)cc1.Cc1cccc(Nc2nc(Nc3cccc(C)c3)nc(Nc3cccc(C)c3)n2)c1. The van der Waals surface area contributed by atoms with Crippen LogP contribution in [0.15, 0.2) is 146 Å². The molecule has 0 bridgehead atoms. The molecule has 8 rings (SSSR count). The Hall–Kier alpha value is -8.46. The number of hydrogen-bond acceptors (Lipinski definition) is 15. The first-order valence-electron chi connectivity index (χ1n) is 35.2. The number of rotatable bonds is 45. The molecular weight excluding hydrogens is 1150 g/mol. The van der Waals surface area contributed by atoms with Gasteiger partial charge >= 0.3 is 0 Å². The van der Waals surface area contributed by atoms with Crippen LogP contribution in [0.5, 0.6) is 17.2 Å². The monoisotopic (exact) mass is 1260 g/mol. The number of anilines is 12. The summed E-state index contributed by atoms with van der Waals surface area (Å²) in [6.07, 6.45) is 35.0. The molecule has 15 nitrogen and oxygen atoms in total. The summed E-state index contributed by atoms with van der Waals surface area (Å²) < 4.78 is 18.3. The lowest BCUT2D eigenvalue weighted by atomic mass is 10.1. The summed E-state index contributed by atoms with van der Waals surface area (Å²) in [5.41, 5.74) is 8.78. The third kappa shape index (κ3) is 30.2. The van der Waals surface area contributed by atoms with Gasteiger partial charge in [-0.05, 0) is 154 Å². The predicted octanol–water partition coefficient (Wildman–Crippen LogP) is 22.9. The Morgan fingerprint density at radius 3 is 0.753 bits per heavy atom. The van der Waals surface area contributed by atoms with Gasteiger partial charge in [-0.1, -0.05) is 217 Å². The molecule has 0 saturated carbocycles. The highest BCUT2D eigenvalue weighted by Crippen LogP contribution is 2.28. The molecule has 0 aliphatic rings. The van der Waals surface area contributed by atoms with Crippen molar-refractivity contribution < 1.29 is 14.2 Å². The van der Waals surface area contributed by atoms with Crippen LogP contribution in [-0.2, 0) is 0 Å². The fraction of sp³-hybridized carbons (Fsp3) is 0.462. The minimum Gasteiger partial charge on any atom is -0.494 e. The molecule has 0 fully saturated rings. The highest BCUT2D eigenvalue weighted by molar-refractivity contribution is 5.65. The zero-order valence-corrected chi connectivity index (χ0v) is 57.0. The number of aryl methyl sites for hydroxylation is 3. The largest absolute Gasteiger partial charge is 0.494 e. The highest BCUT2D eigenvalue weighted by atomic mass is 16.5. The van der Waals surface area contributed by atoms with Gasteiger partial charge in [-0.15, -0.1) is 0 Å². The van der Waals surface area contributed by atoms with Gasteiger partial charge in [0.2, 0.25) is 35.7 Å². The Morgan fingerprint density at radius 1 is 0.237 bits per heavy atom. The molecule has 93 heavy (non-hydrogen) atoms. The highest BCUT2D eigenvalue weighted by Gasteiger charge is 2.13. The Balaban J connectivity index is 0.000000337. The third-order valence-electron chi connectivity index (χ3n) is 16.0. The van der Waals surface area contributed by atoms with Crippen molar-refractivity contribution >= 4 is 69.8 Å². The van der Waals surface area contributed by atoms with Gasteiger partial charge in [0.1, 0.15) is 17.2 Å². The topological polar surface area (TPSA) is 177 Å². The first-order valence-corrected chi connectivity index (χ1v) is 35.2. The minimum atomic E-state index is 0.410. The maximum atomic E-state index is 6.15. The second-order valence-corrected chi connectivity index (χ2v) is 24.6. The molecule has 0 amide bonds. The van der Waals surface area contributed by atoms with Gasteiger partial charge in [-0.2, -0.15) is 29.9 Å². The number of hydrogen-bond donors (Lipinski definition) is 6. The van der Waals surface area contributed by atoms with E-state index in [9.17, 15) is 0 Å². The van der Waals surface area contributed by atoms with E-state index in [1.165, 1.54) is 154 Å². The fourth-order valence-electron chi connectivity index (χ4n) is 10.8. The van der Waals surface area contributed by atoms with Crippen molar-refractivity contribution in [3.63, 3.8) is 0 Å². The number of nitrogens with zero attached hydrogens (tertiary/aromatic N) is 6. The molecule has 0 aliphatic carbocycles. The minimum absolute atomic E-state index is 0.410. The van der Waals surface area contributed by atoms with E-state index in [-0.39, 0.29) is 0 Å². The summed E-state index contributed by atoms with van der Waals surface area (Å²) in [7, 11) is 0. The molecular formula is C78H108N12O3. The number of nitrogens with one attached hydrogen (secondary N) is 6. The molecule has 498 valence electrons. The van der Waals surface area contributed by atoms with Gasteiger partial charge in [-0.3, -0.25) is 0 Å². The molecule has 6 aromatic carbocycles. The quantitative estimate of drug-likeness (QED) is 0.0199. The van der Waals surface area contributed by atoms with Crippen LogP contribution in [-0.4, -0.2) is 49.7 Å². The van der Waals surface area contributed by atoms with Crippen molar-refractivity contribution in [3.05, 3.63) is 162 Å². The predicted molar refractivity (Wildman–Crippen MR) is 390 cm³/mol. The number of aromatic nitrogens is 6. The molecule has 8 aromatic rings. The van der Waals surface area contributed by atoms with E-state index in [0.29, 0.717) is 42.3 Å². The molecule has 0 atom stereocenters. The van der Waals surface area contributed by atoms with Crippen LogP contribution in [0, 0.1) is 20.8 Å². The van der Waals surface area contributed by atoms with Gasteiger partial charge in [0.25, 0.3) is 0 Å². The molecule has 2 heterocycles. The first-order chi connectivity index (χ1) is 45.7. The zero-order chi connectivity index (χ0) is 65.2. The molecule has 15 heteroatoms. The van der Waals surface area contributed by atoms with Gasteiger partial charge in [0.05, 0.1) is 19.8 Å².